The lowest BCUT2D eigenvalue weighted by atomic mass is 10.2. The van der Waals surface area contributed by atoms with Crippen molar-refractivity contribution >= 4 is 39.3 Å². The van der Waals surface area contributed by atoms with Crippen LogP contribution in [-0.2, 0) is 0 Å². The van der Waals surface area contributed by atoms with E-state index in [4.69, 9.17) is 10.5 Å². The van der Waals surface area contributed by atoms with Gasteiger partial charge in [-0.3, -0.25) is 0 Å². The maximum Gasteiger partial charge on any atom is 0.165 e. The minimum Gasteiger partial charge on any atom is -0.363 e. The Bertz CT molecular complexity index is 900. The van der Waals surface area contributed by atoms with Gasteiger partial charge in [0.05, 0.1) is 15.2 Å². The van der Waals surface area contributed by atoms with Crippen LogP contribution in [-0.4, -0.2) is 18.1 Å². The molecule has 0 bridgehead atoms. The van der Waals surface area contributed by atoms with E-state index in [2.05, 4.69) is 41.9 Å². The number of anilines is 1. The van der Waals surface area contributed by atoms with Gasteiger partial charge in [-0.2, -0.15) is 10.5 Å². The molecule has 6 heteroatoms. The van der Waals surface area contributed by atoms with Gasteiger partial charge in [0.25, 0.3) is 0 Å². The largest absolute Gasteiger partial charge is 0.363 e. The van der Waals surface area contributed by atoms with Gasteiger partial charge in [0.1, 0.15) is 16.8 Å². The van der Waals surface area contributed by atoms with E-state index in [-0.39, 0.29) is 5.57 Å². The van der Waals surface area contributed by atoms with Crippen molar-refractivity contribution in [2.24, 2.45) is 0 Å². The molecule has 0 spiro atoms. The quantitative estimate of drug-likeness (QED) is 0.691. The van der Waals surface area contributed by atoms with Gasteiger partial charge in [-0.1, -0.05) is 26.7 Å². The van der Waals surface area contributed by atoms with Gasteiger partial charge in [-0.25, -0.2) is 4.98 Å². The second kappa shape index (κ2) is 10.1. The van der Waals surface area contributed by atoms with E-state index in [0.717, 1.165) is 23.3 Å². The van der Waals surface area contributed by atoms with Crippen molar-refractivity contribution in [2.45, 2.75) is 46.5 Å². The standard InChI is InChI=1S/C20H24N4S2/c1-4-6-10-24(11-7-5-2)19-9-8-17(25-19)12-18-15(3)23-20(26-18)16(13-21)14-22/h8-9,12H,4-7,10-11H2,1-3H3/b18-12-. The second-order valence-corrected chi connectivity index (χ2v) is 8.21. The highest BCUT2D eigenvalue weighted by molar-refractivity contribution is 7.17. The number of thiazole rings is 1. The SMILES string of the molecule is CCCCN(CCCC)c1ccc(/C=c2\sc(=C(C#N)C#N)nc2C)s1. The van der Waals surface area contributed by atoms with Crippen molar-refractivity contribution in [1.82, 2.24) is 4.98 Å². The Balaban J connectivity index is 2.32. The smallest absolute Gasteiger partial charge is 0.165 e. The van der Waals surface area contributed by atoms with Crippen LogP contribution >= 0.6 is 22.7 Å². The molecule has 2 aromatic heterocycles. The fourth-order valence-corrected chi connectivity index (χ4v) is 4.56. The molecule has 4 nitrogen and oxygen atoms in total. The predicted octanol–water partition coefficient (Wildman–Crippen LogP) is 3.95. The first kappa shape index (κ1) is 20.2. The summed E-state index contributed by atoms with van der Waals surface area (Å²) in [6.07, 6.45) is 6.92. The molecule has 0 N–H and O–H groups in total. The van der Waals surface area contributed by atoms with Crippen molar-refractivity contribution < 1.29 is 0 Å². The molecule has 0 fully saturated rings. The summed E-state index contributed by atoms with van der Waals surface area (Å²) in [6, 6.07) is 8.17. The molecule has 136 valence electrons. The van der Waals surface area contributed by atoms with Crippen molar-refractivity contribution in [1.29, 1.82) is 10.5 Å². The zero-order chi connectivity index (χ0) is 18.9. The van der Waals surface area contributed by atoms with E-state index in [0.29, 0.717) is 4.66 Å². The molecule has 0 aliphatic rings. The number of thiophene rings is 1. The van der Waals surface area contributed by atoms with Crippen LogP contribution in [0.3, 0.4) is 0 Å². The molecule has 2 rings (SSSR count). The summed E-state index contributed by atoms with van der Waals surface area (Å²) >= 11 is 3.19. The molecule has 2 aromatic rings. The average molecular weight is 385 g/mol. The first-order valence-electron chi connectivity index (χ1n) is 8.97. The number of nitriles is 2. The highest BCUT2D eigenvalue weighted by Crippen LogP contribution is 2.27. The summed E-state index contributed by atoms with van der Waals surface area (Å²) in [5.74, 6) is 0. The molecule has 0 saturated heterocycles. The van der Waals surface area contributed by atoms with E-state index < -0.39 is 0 Å². The molecular formula is C20H24N4S2. The number of rotatable bonds is 8. The maximum absolute atomic E-state index is 9.02. The van der Waals surface area contributed by atoms with Gasteiger partial charge in [0.15, 0.2) is 5.57 Å². The highest BCUT2D eigenvalue weighted by Gasteiger charge is 2.09. The lowest BCUT2D eigenvalue weighted by Crippen LogP contribution is -2.24. The van der Waals surface area contributed by atoms with Crippen molar-refractivity contribution in [3.05, 3.63) is 31.9 Å². The minimum atomic E-state index is 0.0786. The van der Waals surface area contributed by atoms with Crippen molar-refractivity contribution in [3.63, 3.8) is 0 Å². The third kappa shape index (κ3) is 5.17. The van der Waals surface area contributed by atoms with Crippen molar-refractivity contribution in [2.75, 3.05) is 18.0 Å². The molecule has 0 aromatic carbocycles. The Hall–Kier alpha value is -2.15. The molecule has 0 atom stereocenters. The summed E-state index contributed by atoms with van der Waals surface area (Å²) in [6.45, 7) is 8.57. The number of nitrogens with zero attached hydrogens (tertiary/aromatic N) is 4. The van der Waals surface area contributed by atoms with Crippen LogP contribution in [0.1, 0.15) is 50.1 Å². The monoisotopic (exact) mass is 384 g/mol. The first-order chi connectivity index (χ1) is 12.6. The average Bonchev–Trinajstić information content (AvgIpc) is 3.24. The van der Waals surface area contributed by atoms with E-state index in [1.165, 1.54) is 46.9 Å². The molecule has 0 saturated carbocycles. The molecular weight excluding hydrogens is 360 g/mol. The zero-order valence-corrected chi connectivity index (χ0v) is 17.2. The molecule has 0 unspecified atom stereocenters. The number of aryl methyl sites for hydroxylation is 1. The van der Waals surface area contributed by atoms with Crippen LogP contribution in [0.15, 0.2) is 12.1 Å². The normalized spacial score (nSPS) is 11.2. The highest BCUT2D eigenvalue weighted by atomic mass is 32.1. The van der Waals surface area contributed by atoms with Crippen LogP contribution < -0.4 is 14.1 Å². The van der Waals surface area contributed by atoms with Crippen molar-refractivity contribution in [3.8, 4) is 12.1 Å². The molecule has 0 radical (unpaired) electrons. The lowest BCUT2D eigenvalue weighted by Gasteiger charge is -2.22. The summed E-state index contributed by atoms with van der Waals surface area (Å²) in [7, 11) is 0. The van der Waals surface area contributed by atoms with Gasteiger partial charge in [-0.15, -0.1) is 22.7 Å². The van der Waals surface area contributed by atoms with E-state index in [9.17, 15) is 0 Å². The van der Waals surface area contributed by atoms with Crippen LogP contribution in [0, 0.1) is 29.6 Å². The Morgan fingerprint density at radius 1 is 1.12 bits per heavy atom. The zero-order valence-electron chi connectivity index (χ0n) is 15.6. The molecule has 2 heterocycles. The Morgan fingerprint density at radius 2 is 1.77 bits per heavy atom. The fraction of sp³-hybridized carbons (Fsp3) is 0.450. The van der Waals surface area contributed by atoms with Gasteiger partial charge in [0.2, 0.25) is 0 Å². The van der Waals surface area contributed by atoms with Gasteiger partial charge in [-0.05, 0) is 38.0 Å². The van der Waals surface area contributed by atoms with Gasteiger partial charge >= 0.3 is 0 Å². The summed E-state index contributed by atoms with van der Waals surface area (Å²) in [5, 5.41) is 19.3. The number of hydrogen-bond acceptors (Lipinski definition) is 6. The summed E-state index contributed by atoms with van der Waals surface area (Å²) in [5.41, 5.74) is 0.937. The molecule has 0 aliphatic carbocycles. The van der Waals surface area contributed by atoms with E-state index >= 15 is 0 Å². The Morgan fingerprint density at radius 3 is 2.35 bits per heavy atom. The lowest BCUT2D eigenvalue weighted by molar-refractivity contribution is 0.682. The molecule has 0 amide bonds. The predicted molar refractivity (Wildman–Crippen MR) is 111 cm³/mol. The maximum atomic E-state index is 9.02. The van der Waals surface area contributed by atoms with E-state index in [1.54, 1.807) is 11.3 Å². The third-order valence-corrected chi connectivity index (χ3v) is 6.25. The molecule has 26 heavy (non-hydrogen) atoms. The Labute approximate surface area is 163 Å². The second-order valence-electron chi connectivity index (χ2n) is 6.08. The van der Waals surface area contributed by atoms with E-state index in [1.807, 2.05) is 19.1 Å². The van der Waals surface area contributed by atoms with Crippen LogP contribution in [0.25, 0.3) is 11.6 Å². The molecule has 0 aliphatic heterocycles. The summed E-state index contributed by atoms with van der Waals surface area (Å²) in [4.78, 5) is 8.03. The first-order valence-corrected chi connectivity index (χ1v) is 10.6. The number of hydrogen-bond donors (Lipinski definition) is 0. The fourth-order valence-electron chi connectivity index (χ4n) is 2.52. The van der Waals surface area contributed by atoms with Gasteiger partial charge < -0.3 is 4.90 Å². The van der Waals surface area contributed by atoms with Gasteiger partial charge in [0, 0.05) is 18.0 Å². The Kier molecular flexibility index (Phi) is 7.84. The van der Waals surface area contributed by atoms with Crippen LogP contribution in [0.2, 0.25) is 0 Å². The van der Waals surface area contributed by atoms with Crippen LogP contribution in [0.5, 0.6) is 0 Å². The topological polar surface area (TPSA) is 63.7 Å². The van der Waals surface area contributed by atoms with Crippen LogP contribution in [0.4, 0.5) is 5.00 Å². The number of aromatic nitrogens is 1. The number of unbranched alkanes of at least 4 members (excludes halogenated alkanes) is 2. The third-order valence-electron chi connectivity index (χ3n) is 4.03. The summed E-state index contributed by atoms with van der Waals surface area (Å²) < 4.78 is 1.51. The minimum absolute atomic E-state index is 0.0786.